The van der Waals surface area contributed by atoms with Crippen LogP contribution in [0.2, 0.25) is 0 Å². The lowest BCUT2D eigenvalue weighted by Crippen LogP contribution is -2.14. The molecule has 0 spiro atoms. The van der Waals surface area contributed by atoms with Gasteiger partial charge < -0.3 is 0 Å². The summed E-state index contributed by atoms with van der Waals surface area (Å²) < 4.78 is 0. The minimum atomic E-state index is 0.239. The van der Waals surface area contributed by atoms with E-state index in [9.17, 15) is 0 Å². The largest absolute Gasteiger partial charge is 0.0804 e. The number of rotatable bonds is 4. The Kier molecular flexibility index (Phi) is 2.72. The minimum absolute atomic E-state index is 0.239. The molecule has 0 atom stereocenters. The van der Waals surface area contributed by atoms with Crippen LogP contribution in [0.25, 0.3) is 0 Å². The van der Waals surface area contributed by atoms with Gasteiger partial charge in [-0.15, -0.1) is 0 Å². The Labute approximate surface area is 86.7 Å². The molecule has 0 heterocycles. The Morgan fingerprint density at radius 3 is 2.64 bits per heavy atom. The molecule has 0 saturated heterocycles. The van der Waals surface area contributed by atoms with Gasteiger partial charge in [0.1, 0.15) is 0 Å². The summed E-state index contributed by atoms with van der Waals surface area (Å²) in [5.74, 6) is 0. The molecule has 0 aromatic carbocycles. The first kappa shape index (κ1) is 9.51. The van der Waals surface area contributed by atoms with E-state index in [2.05, 4.69) is 49.5 Å². The molecule has 0 N–H and O–H groups in total. The second-order valence-corrected chi connectivity index (χ2v) is 4.16. The third-order valence-corrected chi connectivity index (χ3v) is 3.15. The summed E-state index contributed by atoms with van der Waals surface area (Å²) in [5, 5.41) is 0. The summed E-state index contributed by atoms with van der Waals surface area (Å²) in [6, 6.07) is 0. The van der Waals surface area contributed by atoms with Gasteiger partial charge in [-0.2, -0.15) is 0 Å². The molecular formula is C14H18. The van der Waals surface area contributed by atoms with Crippen LogP contribution < -0.4 is 0 Å². The Bertz CT molecular complexity index is 301. The average Bonchev–Trinajstić information content (AvgIpc) is 2.86. The number of allylic oxidation sites excluding steroid dienone is 8. The van der Waals surface area contributed by atoms with E-state index in [0.29, 0.717) is 0 Å². The third-order valence-electron chi connectivity index (χ3n) is 3.15. The molecule has 0 radical (unpaired) electrons. The second kappa shape index (κ2) is 4.00. The molecule has 2 aliphatic rings. The topological polar surface area (TPSA) is 0 Å². The van der Waals surface area contributed by atoms with Gasteiger partial charge in [-0.1, -0.05) is 62.3 Å². The van der Waals surface area contributed by atoms with Crippen molar-refractivity contribution in [2.24, 2.45) is 5.41 Å². The van der Waals surface area contributed by atoms with Gasteiger partial charge >= 0.3 is 0 Å². The van der Waals surface area contributed by atoms with E-state index in [1.54, 1.807) is 0 Å². The van der Waals surface area contributed by atoms with E-state index in [0.717, 1.165) is 6.42 Å². The van der Waals surface area contributed by atoms with E-state index in [-0.39, 0.29) is 5.41 Å². The summed E-state index contributed by atoms with van der Waals surface area (Å²) in [5.41, 5.74) is 1.74. The Hall–Kier alpha value is -1.04. The van der Waals surface area contributed by atoms with Crippen LogP contribution in [0.5, 0.6) is 0 Å². The normalized spacial score (nSPS) is 21.9. The van der Waals surface area contributed by atoms with Crippen LogP contribution in [0.1, 0.15) is 32.6 Å². The third kappa shape index (κ3) is 1.61. The Morgan fingerprint density at radius 2 is 2.07 bits per heavy atom. The summed E-state index contributed by atoms with van der Waals surface area (Å²) in [6.45, 7) is 2.26. The van der Waals surface area contributed by atoms with Crippen molar-refractivity contribution in [1.82, 2.24) is 0 Å². The van der Waals surface area contributed by atoms with Gasteiger partial charge in [0.15, 0.2) is 0 Å². The highest BCUT2D eigenvalue weighted by molar-refractivity contribution is 5.44. The van der Waals surface area contributed by atoms with Gasteiger partial charge in [-0.3, -0.25) is 0 Å². The molecule has 0 aliphatic heterocycles. The van der Waals surface area contributed by atoms with Gasteiger partial charge in [-0.05, 0) is 18.4 Å². The number of hydrogen-bond donors (Lipinski definition) is 0. The van der Waals surface area contributed by atoms with Gasteiger partial charge in [-0.25, -0.2) is 0 Å². The molecule has 0 aromatic rings. The maximum atomic E-state index is 2.36. The standard InChI is InChI=1S/C14H18/c1-2-3-10-14(11-6-7-12-14)13-8-4-5-9-13/h4,6-9,11-12H,2-3,5,10H2,1H3. The predicted octanol–water partition coefficient (Wildman–Crippen LogP) is 4.18. The van der Waals surface area contributed by atoms with E-state index < -0.39 is 0 Å². The number of hydrogen-bond acceptors (Lipinski definition) is 0. The van der Waals surface area contributed by atoms with Crippen molar-refractivity contribution < 1.29 is 0 Å². The minimum Gasteiger partial charge on any atom is -0.0804 e. The maximum Gasteiger partial charge on any atom is 0.0315 e. The molecule has 0 bridgehead atoms. The van der Waals surface area contributed by atoms with Crippen molar-refractivity contribution in [2.45, 2.75) is 32.6 Å². The van der Waals surface area contributed by atoms with Crippen LogP contribution >= 0.6 is 0 Å². The average molecular weight is 186 g/mol. The molecule has 0 fully saturated rings. The molecule has 74 valence electrons. The molecule has 2 aliphatic carbocycles. The molecule has 2 rings (SSSR count). The molecule has 0 heteroatoms. The monoisotopic (exact) mass is 186 g/mol. The van der Waals surface area contributed by atoms with Crippen molar-refractivity contribution in [1.29, 1.82) is 0 Å². The summed E-state index contributed by atoms with van der Waals surface area (Å²) in [6.07, 6.45) is 20.9. The maximum absolute atomic E-state index is 2.36. The highest BCUT2D eigenvalue weighted by atomic mass is 14.3. The lowest BCUT2D eigenvalue weighted by molar-refractivity contribution is 0.516. The van der Waals surface area contributed by atoms with Crippen molar-refractivity contribution in [3.63, 3.8) is 0 Å². The molecule has 0 amide bonds. The smallest absolute Gasteiger partial charge is 0.0315 e. The van der Waals surface area contributed by atoms with Crippen LogP contribution in [-0.4, -0.2) is 0 Å². The lowest BCUT2D eigenvalue weighted by atomic mass is 9.78. The summed E-state index contributed by atoms with van der Waals surface area (Å²) >= 11 is 0. The predicted molar refractivity (Wildman–Crippen MR) is 62.1 cm³/mol. The van der Waals surface area contributed by atoms with E-state index >= 15 is 0 Å². The zero-order valence-electron chi connectivity index (χ0n) is 8.87. The van der Waals surface area contributed by atoms with E-state index in [1.807, 2.05) is 0 Å². The lowest BCUT2D eigenvalue weighted by Gasteiger charge is -2.26. The fourth-order valence-corrected chi connectivity index (χ4v) is 2.29. The van der Waals surface area contributed by atoms with Gasteiger partial charge in [0.05, 0.1) is 0 Å². The fourth-order valence-electron chi connectivity index (χ4n) is 2.29. The van der Waals surface area contributed by atoms with Crippen LogP contribution in [0.15, 0.2) is 48.1 Å². The van der Waals surface area contributed by atoms with Gasteiger partial charge in [0, 0.05) is 5.41 Å². The highest BCUT2D eigenvalue weighted by Gasteiger charge is 2.29. The highest BCUT2D eigenvalue weighted by Crippen LogP contribution is 2.41. The Morgan fingerprint density at radius 1 is 1.29 bits per heavy atom. The van der Waals surface area contributed by atoms with Gasteiger partial charge in [0.2, 0.25) is 0 Å². The quantitative estimate of drug-likeness (QED) is 0.618. The van der Waals surface area contributed by atoms with Crippen molar-refractivity contribution in [3.05, 3.63) is 48.1 Å². The summed E-state index contributed by atoms with van der Waals surface area (Å²) in [7, 11) is 0. The van der Waals surface area contributed by atoms with Crippen molar-refractivity contribution in [2.75, 3.05) is 0 Å². The fraction of sp³-hybridized carbons (Fsp3) is 0.429. The van der Waals surface area contributed by atoms with Crippen LogP contribution in [-0.2, 0) is 0 Å². The second-order valence-electron chi connectivity index (χ2n) is 4.16. The first-order valence-corrected chi connectivity index (χ1v) is 5.62. The van der Waals surface area contributed by atoms with Crippen LogP contribution in [0.3, 0.4) is 0 Å². The SMILES string of the molecule is CCCCC1(C2=CCC=C2)C=CC=C1. The van der Waals surface area contributed by atoms with Crippen LogP contribution in [0.4, 0.5) is 0 Å². The molecule has 0 unspecified atom stereocenters. The molecule has 14 heavy (non-hydrogen) atoms. The zero-order valence-corrected chi connectivity index (χ0v) is 8.87. The number of unbranched alkanes of at least 4 members (excludes halogenated alkanes) is 1. The van der Waals surface area contributed by atoms with E-state index in [1.165, 1.54) is 24.8 Å². The van der Waals surface area contributed by atoms with E-state index in [4.69, 9.17) is 0 Å². The molecule has 0 aromatic heterocycles. The Balaban J connectivity index is 2.18. The summed E-state index contributed by atoms with van der Waals surface area (Å²) in [4.78, 5) is 0. The zero-order chi connectivity index (χ0) is 9.86. The molecule has 0 saturated carbocycles. The first-order chi connectivity index (χ1) is 6.87. The van der Waals surface area contributed by atoms with Crippen molar-refractivity contribution in [3.8, 4) is 0 Å². The first-order valence-electron chi connectivity index (χ1n) is 5.62. The molecule has 0 nitrogen and oxygen atoms in total. The van der Waals surface area contributed by atoms with Crippen LogP contribution in [0, 0.1) is 5.41 Å². The van der Waals surface area contributed by atoms with Crippen molar-refractivity contribution >= 4 is 0 Å². The van der Waals surface area contributed by atoms with Gasteiger partial charge in [0.25, 0.3) is 0 Å². The molecular weight excluding hydrogens is 168 g/mol.